The second-order valence-electron chi connectivity index (χ2n) is 4.72. The zero-order chi connectivity index (χ0) is 17.4. The van der Waals surface area contributed by atoms with E-state index in [1.165, 1.54) is 48.5 Å². The number of nitrogens with zero attached hydrogens (tertiary/aromatic N) is 2. The molecule has 0 atom stereocenters. The summed E-state index contributed by atoms with van der Waals surface area (Å²) in [7, 11) is 0. The Balaban J connectivity index is 1.79. The topological polar surface area (TPSA) is 100 Å². The fraction of sp³-hybridized carbons (Fsp3) is 0.111. The molecule has 0 amide bonds. The van der Waals surface area contributed by atoms with Crippen LogP contribution < -0.4 is 9.47 Å². The molecule has 0 unspecified atom stereocenters. The van der Waals surface area contributed by atoms with Crippen LogP contribution in [0.2, 0.25) is 0 Å². The van der Waals surface area contributed by atoms with Gasteiger partial charge in [-0.2, -0.15) is 10.5 Å². The van der Waals surface area contributed by atoms with E-state index in [1.54, 1.807) is 0 Å². The van der Waals surface area contributed by atoms with Crippen LogP contribution in [-0.4, -0.2) is 11.9 Å². The Morgan fingerprint density at radius 1 is 0.708 bits per heavy atom. The van der Waals surface area contributed by atoms with Crippen molar-refractivity contribution < 1.29 is 19.1 Å². The molecule has 2 aromatic carbocycles. The second kappa shape index (κ2) is 8.11. The number of rotatable bonds is 5. The third-order valence-electron chi connectivity index (χ3n) is 2.96. The van der Waals surface area contributed by atoms with Gasteiger partial charge in [-0.1, -0.05) is 0 Å². The normalized spacial score (nSPS) is 9.42. The molecule has 0 aromatic heterocycles. The molecule has 0 aliphatic carbocycles. The highest BCUT2D eigenvalue weighted by Gasteiger charge is 2.11. The molecule has 2 aromatic rings. The molecular weight excluding hydrogens is 308 g/mol. The summed E-state index contributed by atoms with van der Waals surface area (Å²) < 4.78 is 10.1. The summed E-state index contributed by atoms with van der Waals surface area (Å²) in [6.07, 6.45) is -0.260. The molecule has 0 radical (unpaired) electrons. The quantitative estimate of drug-likeness (QED) is 0.620. The van der Waals surface area contributed by atoms with Gasteiger partial charge in [0.1, 0.15) is 11.5 Å². The van der Waals surface area contributed by atoms with E-state index in [9.17, 15) is 9.59 Å². The minimum Gasteiger partial charge on any atom is -0.427 e. The van der Waals surface area contributed by atoms with Gasteiger partial charge in [0.15, 0.2) is 0 Å². The van der Waals surface area contributed by atoms with Gasteiger partial charge in [0.05, 0.1) is 36.1 Å². The number of carbonyl (C=O) groups excluding carboxylic acids is 2. The minimum atomic E-state index is -0.573. The van der Waals surface area contributed by atoms with E-state index in [2.05, 4.69) is 0 Å². The summed E-state index contributed by atoms with van der Waals surface area (Å²) in [5, 5.41) is 17.4. The number of nitriles is 2. The highest BCUT2D eigenvalue weighted by Crippen LogP contribution is 2.14. The first kappa shape index (κ1) is 16.7. The van der Waals surface area contributed by atoms with Crippen molar-refractivity contribution in [2.24, 2.45) is 0 Å². The van der Waals surface area contributed by atoms with Crippen molar-refractivity contribution in [2.75, 3.05) is 0 Å². The molecule has 6 nitrogen and oxygen atoms in total. The van der Waals surface area contributed by atoms with E-state index in [0.717, 1.165) is 0 Å². The smallest absolute Gasteiger partial charge is 0.311 e. The molecule has 0 aliphatic heterocycles. The maximum Gasteiger partial charge on any atom is 0.311 e. The largest absolute Gasteiger partial charge is 0.427 e. The van der Waals surface area contributed by atoms with E-state index in [0.29, 0.717) is 22.6 Å². The molecule has 0 saturated carbocycles. The van der Waals surface area contributed by atoms with Gasteiger partial charge in [-0.15, -0.1) is 0 Å². The third-order valence-corrected chi connectivity index (χ3v) is 2.96. The van der Waals surface area contributed by atoms with Crippen molar-refractivity contribution in [3.63, 3.8) is 0 Å². The van der Waals surface area contributed by atoms with Crippen molar-refractivity contribution in [3.05, 3.63) is 59.7 Å². The lowest BCUT2D eigenvalue weighted by atomic mass is 10.2. The molecule has 0 fully saturated rings. The van der Waals surface area contributed by atoms with Crippen LogP contribution in [-0.2, 0) is 9.59 Å². The lowest BCUT2D eigenvalue weighted by molar-refractivity contribution is -0.140. The predicted molar refractivity (Wildman–Crippen MR) is 82.8 cm³/mol. The van der Waals surface area contributed by atoms with Crippen molar-refractivity contribution in [1.29, 1.82) is 10.5 Å². The van der Waals surface area contributed by atoms with E-state index in [4.69, 9.17) is 20.0 Å². The maximum atomic E-state index is 11.7. The average Bonchev–Trinajstić information content (AvgIpc) is 2.61. The third kappa shape index (κ3) is 4.97. The standard InChI is InChI=1S/C18H12N2O4/c19-11-13-1-5-15(6-2-13)23-17(21)9-10-18(22)24-16-7-3-14(12-20)4-8-16/h1-8H,9-10H2. The summed E-state index contributed by atoms with van der Waals surface area (Å²) >= 11 is 0. The van der Waals surface area contributed by atoms with Gasteiger partial charge in [0.2, 0.25) is 0 Å². The Hall–Kier alpha value is -3.64. The van der Waals surface area contributed by atoms with E-state index < -0.39 is 11.9 Å². The fourth-order valence-electron chi connectivity index (χ4n) is 1.76. The highest BCUT2D eigenvalue weighted by molar-refractivity contribution is 5.80. The number of ether oxygens (including phenoxy) is 2. The van der Waals surface area contributed by atoms with Gasteiger partial charge >= 0.3 is 11.9 Å². The summed E-state index contributed by atoms with van der Waals surface area (Å²) in [5.41, 5.74) is 0.918. The summed E-state index contributed by atoms with van der Waals surface area (Å²) in [6, 6.07) is 16.1. The summed E-state index contributed by atoms with van der Waals surface area (Å²) in [4.78, 5) is 23.4. The van der Waals surface area contributed by atoms with Crippen LogP contribution in [0.5, 0.6) is 11.5 Å². The van der Waals surface area contributed by atoms with Crippen LogP contribution >= 0.6 is 0 Å². The van der Waals surface area contributed by atoms with Crippen molar-refractivity contribution in [2.45, 2.75) is 12.8 Å². The molecule has 118 valence electrons. The highest BCUT2D eigenvalue weighted by atomic mass is 16.5. The maximum absolute atomic E-state index is 11.7. The van der Waals surface area contributed by atoms with Crippen LogP contribution in [0.25, 0.3) is 0 Å². The molecule has 0 N–H and O–H groups in total. The van der Waals surface area contributed by atoms with Crippen molar-refractivity contribution in [3.8, 4) is 23.6 Å². The number of benzene rings is 2. The first-order valence-corrected chi connectivity index (χ1v) is 7.02. The number of hydrogen-bond acceptors (Lipinski definition) is 6. The Labute approximate surface area is 138 Å². The van der Waals surface area contributed by atoms with Crippen LogP contribution in [0.4, 0.5) is 0 Å². The Kier molecular flexibility index (Phi) is 5.65. The molecule has 0 heterocycles. The SMILES string of the molecule is N#Cc1ccc(OC(=O)CCC(=O)Oc2ccc(C#N)cc2)cc1. The lowest BCUT2D eigenvalue weighted by Gasteiger charge is -2.05. The lowest BCUT2D eigenvalue weighted by Crippen LogP contribution is -2.14. The Morgan fingerprint density at radius 2 is 1.04 bits per heavy atom. The molecule has 0 saturated heterocycles. The van der Waals surface area contributed by atoms with Gasteiger partial charge in [0, 0.05) is 0 Å². The first-order valence-electron chi connectivity index (χ1n) is 7.02. The van der Waals surface area contributed by atoms with E-state index in [-0.39, 0.29) is 12.8 Å². The number of hydrogen-bond donors (Lipinski definition) is 0. The predicted octanol–water partition coefficient (Wildman–Crippen LogP) is 2.72. The zero-order valence-electron chi connectivity index (χ0n) is 12.6. The van der Waals surface area contributed by atoms with Crippen LogP contribution in [0.3, 0.4) is 0 Å². The van der Waals surface area contributed by atoms with E-state index >= 15 is 0 Å². The Bertz CT molecular complexity index is 741. The van der Waals surface area contributed by atoms with E-state index in [1.807, 2.05) is 12.1 Å². The molecule has 0 bridgehead atoms. The minimum absolute atomic E-state index is 0.130. The molecule has 0 aliphatic rings. The van der Waals surface area contributed by atoms with Crippen LogP contribution in [0.15, 0.2) is 48.5 Å². The molecule has 24 heavy (non-hydrogen) atoms. The van der Waals surface area contributed by atoms with Gasteiger partial charge in [-0.3, -0.25) is 9.59 Å². The van der Waals surface area contributed by atoms with Gasteiger partial charge < -0.3 is 9.47 Å². The fourth-order valence-corrected chi connectivity index (χ4v) is 1.76. The van der Waals surface area contributed by atoms with Crippen molar-refractivity contribution >= 4 is 11.9 Å². The number of esters is 2. The monoisotopic (exact) mass is 320 g/mol. The molecular formula is C18H12N2O4. The summed E-state index contributed by atoms with van der Waals surface area (Å²) in [6.45, 7) is 0. The average molecular weight is 320 g/mol. The summed E-state index contributed by atoms with van der Waals surface area (Å²) in [5.74, 6) is -0.535. The zero-order valence-corrected chi connectivity index (χ0v) is 12.6. The number of carbonyl (C=O) groups is 2. The van der Waals surface area contributed by atoms with Crippen LogP contribution in [0, 0.1) is 22.7 Å². The molecule has 2 rings (SSSR count). The van der Waals surface area contributed by atoms with Gasteiger partial charge in [0.25, 0.3) is 0 Å². The van der Waals surface area contributed by atoms with Gasteiger partial charge in [-0.05, 0) is 48.5 Å². The Morgan fingerprint density at radius 3 is 1.33 bits per heavy atom. The first-order chi connectivity index (χ1) is 11.6. The van der Waals surface area contributed by atoms with Gasteiger partial charge in [-0.25, -0.2) is 0 Å². The molecule has 6 heteroatoms. The van der Waals surface area contributed by atoms with Crippen molar-refractivity contribution in [1.82, 2.24) is 0 Å². The second-order valence-corrected chi connectivity index (χ2v) is 4.72. The molecule has 0 spiro atoms. The van der Waals surface area contributed by atoms with Crippen LogP contribution in [0.1, 0.15) is 24.0 Å².